The van der Waals surface area contributed by atoms with Crippen molar-refractivity contribution in [1.29, 1.82) is 0 Å². The number of Topliss-reactive ketones (excluding diaryl/α,β-unsaturated/α-hetero) is 1. The van der Waals surface area contributed by atoms with Crippen molar-refractivity contribution in [2.75, 3.05) is 19.8 Å². The van der Waals surface area contributed by atoms with Gasteiger partial charge in [0.1, 0.15) is 5.01 Å². The first kappa shape index (κ1) is 14.8. The highest BCUT2D eigenvalue weighted by Crippen LogP contribution is 2.21. The molecule has 0 saturated carbocycles. The average molecular weight is 322 g/mol. The molecular weight excluding hydrogens is 304 g/mol. The fraction of sp³-hybridized carbons (Fsp3) is 0.467. The zero-order chi connectivity index (χ0) is 14.7. The number of thiazole rings is 1. The lowest BCUT2D eigenvalue weighted by Crippen LogP contribution is -2.45. The van der Waals surface area contributed by atoms with Gasteiger partial charge in [-0.3, -0.25) is 9.69 Å². The van der Waals surface area contributed by atoms with Gasteiger partial charge in [0, 0.05) is 30.1 Å². The normalized spacial score (nSPS) is 19.8. The Morgan fingerprint density at radius 3 is 3.19 bits per heavy atom. The molecule has 0 aliphatic carbocycles. The highest BCUT2D eigenvalue weighted by Gasteiger charge is 2.26. The third kappa shape index (κ3) is 3.77. The van der Waals surface area contributed by atoms with Crippen LogP contribution in [0.3, 0.4) is 0 Å². The molecule has 0 unspecified atom stereocenters. The van der Waals surface area contributed by atoms with Crippen LogP contribution >= 0.6 is 22.7 Å². The van der Waals surface area contributed by atoms with Gasteiger partial charge in [-0.2, -0.15) is 0 Å². The number of aromatic nitrogens is 1. The van der Waals surface area contributed by atoms with Crippen molar-refractivity contribution in [3.63, 3.8) is 0 Å². The molecule has 0 amide bonds. The standard InChI is InChI=1S/C15H18N2O2S2/c1-11-8-16-15(21-11)9-17-4-5-19-10-12(17)7-13(18)14-3-2-6-20-14/h2-3,6,8,12H,4-5,7,9-10H2,1H3/t12-/m1/s1. The molecule has 112 valence electrons. The molecular formula is C15H18N2O2S2. The molecule has 1 fully saturated rings. The molecule has 3 rings (SSSR count). The van der Waals surface area contributed by atoms with Gasteiger partial charge in [-0.05, 0) is 18.4 Å². The number of ketones is 1. The van der Waals surface area contributed by atoms with Gasteiger partial charge in [0.2, 0.25) is 0 Å². The Labute approximate surface area is 132 Å². The van der Waals surface area contributed by atoms with Gasteiger partial charge in [-0.1, -0.05) is 6.07 Å². The Morgan fingerprint density at radius 2 is 2.48 bits per heavy atom. The minimum Gasteiger partial charge on any atom is -0.378 e. The molecule has 0 N–H and O–H groups in total. The molecule has 1 saturated heterocycles. The molecule has 6 heteroatoms. The Kier molecular flexibility index (Phi) is 4.80. The lowest BCUT2D eigenvalue weighted by atomic mass is 10.1. The number of thiophene rings is 1. The van der Waals surface area contributed by atoms with Gasteiger partial charge in [0.05, 0.1) is 24.6 Å². The van der Waals surface area contributed by atoms with Gasteiger partial charge in [-0.15, -0.1) is 22.7 Å². The van der Waals surface area contributed by atoms with Crippen LogP contribution in [0.2, 0.25) is 0 Å². The number of carbonyl (C=O) groups excluding carboxylic acids is 1. The molecule has 0 aromatic carbocycles. The summed E-state index contributed by atoms with van der Waals surface area (Å²) >= 11 is 3.23. The maximum absolute atomic E-state index is 12.3. The Hall–Kier alpha value is -1.08. The zero-order valence-corrected chi connectivity index (χ0v) is 13.6. The summed E-state index contributed by atoms with van der Waals surface area (Å²) in [5.41, 5.74) is 0. The molecule has 2 aromatic rings. The van der Waals surface area contributed by atoms with Crippen LogP contribution in [0, 0.1) is 6.92 Å². The lowest BCUT2D eigenvalue weighted by Gasteiger charge is -2.34. The van der Waals surface area contributed by atoms with Gasteiger partial charge in [0.25, 0.3) is 0 Å². The minimum absolute atomic E-state index is 0.151. The molecule has 1 aliphatic heterocycles. The Bertz CT molecular complexity index is 595. The number of nitrogens with zero attached hydrogens (tertiary/aromatic N) is 2. The van der Waals surface area contributed by atoms with E-state index in [-0.39, 0.29) is 11.8 Å². The van der Waals surface area contributed by atoms with Crippen LogP contribution in [0.5, 0.6) is 0 Å². The summed E-state index contributed by atoms with van der Waals surface area (Å²) in [6, 6.07) is 3.97. The van der Waals surface area contributed by atoms with Crippen molar-refractivity contribution < 1.29 is 9.53 Å². The number of rotatable bonds is 5. The summed E-state index contributed by atoms with van der Waals surface area (Å²) < 4.78 is 5.57. The predicted molar refractivity (Wildman–Crippen MR) is 85.1 cm³/mol. The number of morpholine rings is 1. The number of aryl methyl sites for hydroxylation is 1. The van der Waals surface area contributed by atoms with Crippen LogP contribution in [0.25, 0.3) is 0 Å². The van der Waals surface area contributed by atoms with Crippen LogP contribution < -0.4 is 0 Å². The van der Waals surface area contributed by atoms with E-state index < -0.39 is 0 Å². The average Bonchev–Trinajstić information content (AvgIpc) is 3.13. The fourth-order valence-corrected chi connectivity index (χ4v) is 3.97. The lowest BCUT2D eigenvalue weighted by molar-refractivity contribution is -0.0125. The maximum atomic E-state index is 12.3. The molecule has 3 heterocycles. The Morgan fingerprint density at radius 1 is 1.57 bits per heavy atom. The molecule has 1 aliphatic rings. The van der Waals surface area contributed by atoms with E-state index in [9.17, 15) is 4.79 Å². The van der Waals surface area contributed by atoms with Crippen LogP contribution in [0.1, 0.15) is 26.0 Å². The predicted octanol–water partition coefficient (Wildman–Crippen LogP) is 2.99. The van der Waals surface area contributed by atoms with Crippen molar-refractivity contribution in [3.8, 4) is 0 Å². The van der Waals surface area contributed by atoms with Gasteiger partial charge in [-0.25, -0.2) is 4.98 Å². The summed E-state index contributed by atoms with van der Waals surface area (Å²) in [4.78, 5) is 21.1. The van der Waals surface area contributed by atoms with Crippen LogP contribution in [-0.4, -0.2) is 41.5 Å². The summed E-state index contributed by atoms with van der Waals surface area (Å²) in [6.45, 7) is 5.10. The van der Waals surface area contributed by atoms with E-state index in [0.717, 1.165) is 29.6 Å². The van der Waals surface area contributed by atoms with Crippen molar-refractivity contribution in [2.45, 2.75) is 25.9 Å². The first-order chi connectivity index (χ1) is 10.2. The van der Waals surface area contributed by atoms with E-state index >= 15 is 0 Å². The molecule has 2 aromatic heterocycles. The quantitative estimate of drug-likeness (QED) is 0.794. The van der Waals surface area contributed by atoms with Gasteiger partial charge >= 0.3 is 0 Å². The highest BCUT2D eigenvalue weighted by molar-refractivity contribution is 7.12. The summed E-state index contributed by atoms with van der Waals surface area (Å²) in [6.07, 6.45) is 2.43. The van der Waals surface area contributed by atoms with Crippen LogP contribution in [0.15, 0.2) is 23.7 Å². The summed E-state index contributed by atoms with van der Waals surface area (Å²) in [5.74, 6) is 0.209. The summed E-state index contributed by atoms with van der Waals surface area (Å²) in [5, 5.41) is 3.06. The Balaban J connectivity index is 1.65. The molecule has 4 nitrogen and oxygen atoms in total. The second-order valence-corrected chi connectivity index (χ2v) is 7.44. The van der Waals surface area contributed by atoms with Crippen molar-refractivity contribution in [3.05, 3.63) is 38.5 Å². The number of hydrogen-bond acceptors (Lipinski definition) is 6. The molecule has 21 heavy (non-hydrogen) atoms. The van der Waals surface area contributed by atoms with Crippen molar-refractivity contribution in [2.24, 2.45) is 0 Å². The molecule has 0 radical (unpaired) electrons. The van der Waals surface area contributed by atoms with E-state index in [2.05, 4.69) is 16.8 Å². The second-order valence-electron chi connectivity index (χ2n) is 5.17. The van der Waals surface area contributed by atoms with E-state index in [1.165, 1.54) is 16.2 Å². The third-order valence-electron chi connectivity index (χ3n) is 3.57. The topological polar surface area (TPSA) is 42.4 Å². The van der Waals surface area contributed by atoms with E-state index in [0.29, 0.717) is 13.0 Å². The first-order valence-corrected chi connectivity index (χ1v) is 8.72. The summed E-state index contributed by atoms with van der Waals surface area (Å²) in [7, 11) is 0. The highest BCUT2D eigenvalue weighted by atomic mass is 32.1. The largest absolute Gasteiger partial charge is 0.378 e. The third-order valence-corrected chi connectivity index (χ3v) is 5.38. The molecule has 0 bridgehead atoms. The van der Waals surface area contributed by atoms with E-state index in [1.54, 1.807) is 11.3 Å². The van der Waals surface area contributed by atoms with Gasteiger partial charge < -0.3 is 4.74 Å². The van der Waals surface area contributed by atoms with Crippen molar-refractivity contribution in [1.82, 2.24) is 9.88 Å². The molecule has 1 atom stereocenters. The first-order valence-electron chi connectivity index (χ1n) is 7.02. The van der Waals surface area contributed by atoms with Crippen LogP contribution in [-0.2, 0) is 11.3 Å². The molecule has 0 spiro atoms. The SMILES string of the molecule is Cc1cnc(CN2CCOC[C@H]2CC(=O)c2cccs2)s1. The monoisotopic (exact) mass is 322 g/mol. The van der Waals surface area contributed by atoms with Crippen LogP contribution in [0.4, 0.5) is 0 Å². The fourth-order valence-electron chi connectivity index (χ4n) is 2.49. The van der Waals surface area contributed by atoms with Gasteiger partial charge in [0.15, 0.2) is 5.78 Å². The number of ether oxygens (including phenoxy) is 1. The number of hydrogen-bond donors (Lipinski definition) is 0. The number of carbonyl (C=O) groups is 1. The zero-order valence-electron chi connectivity index (χ0n) is 11.9. The minimum atomic E-state index is 0.151. The smallest absolute Gasteiger partial charge is 0.174 e. The second kappa shape index (κ2) is 6.79. The van der Waals surface area contributed by atoms with E-state index in [1.807, 2.05) is 23.7 Å². The van der Waals surface area contributed by atoms with E-state index in [4.69, 9.17) is 4.74 Å². The van der Waals surface area contributed by atoms with Crippen molar-refractivity contribution >= 4 is 28.5 Å². The maximum Gasteiger partial charge on any atom is 0.174 e.